The minimum atomic E-state index is -0.544. The molecule has 11 aromatic rings. The highest BCUT2D eigenvalue weighted by atomic mass is 32.1. The molecule has 2 aliphatic rings. The number of thiophene rings is 1. The standard InChI is InChI=1S/C59H41NOS/c1-58(2)48-22-9-4-15-40(48)43-32-31-38(35-51(43)58)60(37-29-27-36(28-30-37)39-20-14-21-47-45-19-8-13-26-54(45)62-57(39)47)52-34-33-46-44-18-7-12-25-53(44)61-56(46)55(52)59(3)49-23-10-5-16-41(49)42-17-6-11-24-50(42)59/h4-35H,1-3H3. The number of rotatable bonds is 5. The molecule has 2 aromatic heterocycles. The van der Waals surface area contributed by atoms with Crippen LogP contribution in [-0.4, -0.2) is 0 Å². The Morgan fingerprint density at radius 2 is 1.02 bits per heavy atom. The first-order valence-corrected chi connectivity index (χ1v) is 22.4. The third kappa shape index (κ3) is 4.80. The lowest BCUT2D eigenvalue weighted by atomic mass is 9.72. The largest absolute Gasteiger partial charge is 0.456 e. The van der Waals surface area contributed by atoms with Crippen molar-refractivity contribution in [2.45, 2.75) is 31.6 Å². The van der Waals surface area contributed by atoms with E-state index in [0.29, 0.717) is 0 Å². The van der Waals surface area contributed by atoms with E-state index in [1.54, 1.807) is 0 Å². The van der Waals surface area contributed by atoms with E-state index in [0.717, 1.165) is 44.6 Å². The molecule has 0 saturated carbocycles. The summed E-state index contributed by atoms with van der Waals surface area (Å²) in [5.41, 5.74) is 18.5. The lowest BCUT2D eigenvalue weighted by Gasteiger charge is -2.35. The Morgan fingerprint density at radius 3 is 1.77 bits per heavy atom. The van der Waals surface area contributed by atoms with Gasteiger partial charge in [-0.25, -0.2) is 0 Å². The van der Waals surface area contributed by atoms with Crippen molar-refractivity contribution in [3.05, 3.63) is 222 Å². The van der Waals surface area contributed by atoms with Crippen LogP contribution in [0.25, 0.3) is 75.5 Å². The molecule has 0 spiro atoms. The number of fused-ring (bicyclic) bond motifs is 12. The number of hydrogen-bond donors (Lipinski definition) is 0. The molecule has 2 heterocycles. The molecule has 0 bridgehead atoms. The first-order chi connectivity index (χ1) is 30.4. The van der Waals surface area contributed by atoms with Gasteiger partial charge in [0, 0.05) is 58.7 Å². The third-order valence-corrected chi connectivity index (χ3v) is 15.4. The van der Waals surface area contributed by atoms with Gasteiger partial charge in [-0.2, -0.15) is 0 Å². The van der Waals surface area contributed by atoms with Crippen molar-refractivity contribution >= 4 is 70.5 Å². The molecule has 0 fully saturated rings. The van der Waals surface area contributed by atoms with Gasteiger partial charge in [0.1, 0.15) is 11.2 Å². The number of nitrogens with zero attached hydrogens (tertiary/aromatic N) is 1. The summed E-state index contributed by atoms with van der Waals surface area (Å²) in [4.78, 5) is 2.50. The van der Waals surface area contributed by atoms with E-state index in [9.17, 15) is 0 Å². The molecule has 0 radical (unpaired) electrons. The zero-order chi connectivity index (χ0) is 41.3. The Bertz CT molecular complexity index is 3590. The van der Waals surface area contributed by atoms with Crippen LogP contribution >= 0.6 is 11.3 Å². The van der Waals surface area contributed by atoms with E-state index < -0.39 is 5.41 Å². The van der Waals surface area contributed by atoms with Gasteiger partial charge in [-0.3, -0.25) is 0 Å². The monoisotopic (exact) mass is 811 g/mol. The van der Waals surface area contributed by atoms with Crippen molar-refractivity contribution in [3.63, 3.8) is 0 Å². The van der Waals surface area contributed by atoms with E-state index >= 15 is 0 Å². The molecule has 13 rings (SSSR count). The summed E-state index contributed by atoms with van der Waals surface area (Å²) in [6, 6.07) is 71.9. The second kappa shape index (κ2) is 12.9. The highest BCUT2D eigenvalue weighted by Gasteiger charge is 2.45. The van der Waals surface area contributed by atoms with Gasteiger partial charge < -0.3 is 9.32 Å². The van der Waals surface area contributed by atoms with Crippen molar-refractivity contribution < 1.29 is 4.42 Å². The molecule has 0 atom stereocenters. The molecule has 0 unspecified atom stereocenters. The summed E-state index contributed by atoms with van der Waals surface area (Å²) in [5.74, 6) is 0. The lowest BCUT2D eigenvalue weighted by molar-refractivity contribution is 0.638. The van der Waals surface area contributed by atoms with Crippen molar-refractivity contribution in [1.29, 1.82) is 0 Å². The first-order valence-electron chi connectivity index (χ1n) is 21.6. The predicted molar refractivity (Wildman–Crippen MR) is 262 cm³/mol. The van der Waals surface area contributed by atoms with Gasteiger partial charge in [0.2, 0.25) is 0 Å². The molecular weight excluding hydrogens is 771 g/mol. The quantitative estimate of drug-likeness (QED) is 0.172. The Balaban J connectivity index is 1.09. The van der Waals surface area contributed by atoms with E-state index in [1.807, 2.05) is 11.3 Å². The van der Waals surface area contributed by atoms with Crippen molar-refractivity contribution in [1.82, 2.24) is 0 Å². The number of benzene rings is 9. The molecule has 0 N–H and O–H groups in total. The van der Waals surface area contributed by atoms with Crippen LogP contribution in [0.3, 0.4) is 0 Å². The second-order valence-electron chi connectivity index (χ2n) is 17.7. The molecule has 62 heavy (non-hydrogen) atoms. The SMILES string of the molecule is CC1(C)c2ccccc2-c2ccc(N(c3ccc(-c4cccc5c4sc4ccccc45)cc3)c3ccc4c(oc5ccccc54)c3C3(C)c4ccccc4-c4ccccc43)cc21. The second-order valence-corrected chi connectivity index (χ2v) is 18.8. The lowest BCUT2D eigenvalue weighted by Crippen LogP contribution is -2.26. The van der Waals surface area contributed by atoms with E-state index in [-0.39, 0.29) is 5.41 Å². The summed E-state index contributed by atoms with van der Waals surface area (Å²) in [6.07, 6.45) is 0. The molecule has 2 aliphatic carbocycles. The summed E-state index contributed by atoms with van der Waals surface area (Å²) in [7, 11) is 0. The summed E-state index contributed by atoms with van der Waals surface area (Å²) in [6.45, 7) is 7.15. The zero-order valence-electron chi connectivity index (χ0n) is 34.7. The maximum atomic E-state index is 7.12. The normalized spacial score (nSPS) is 14.3. The average molecular weight is 812 g/mol. The number of furan rings is 1. The molecule has 0 saturated heterocycles. The van der Waals surface area contributed by atoms with Crippen molar-refractivity contribution in [2.75, 3.05) is 4.90 Å². The number of anilines is 3. The number of hydrogen-bond acceptors (Lipinski definition) is 3. The van der Waals surface area contributed by atoms with E-state index in [2.05, 4.69) is 220 Å². The van der Waals surface area contributed by atoms with Crippen molar-refractivity contribution in [2.24, 2.45) is 0 Å². The summed E-state index contributed by atoms with van der Waals surface area (Å²) in [5, 5.41) is 4.88. The van der Waals surface area contributed by atoms with Crippen LogP contribution in [0, 0.1) is 0 Å². The Morgan fingerprint density at radius 1 is 0.435 bits per heavy atom. The Kier molecular flexibility index (Phi) is 7.40. The van der Waals surface area contributed by atoms with E-state index in [4.69, 9.17) is 4.42 Å². The van der Waals surface area contributed by atoms with Crippen LogP contribution < -0.4 is 4.90 Å². The average Bonchev–Trinajstić information content (AvgIpc) is 4.03. The third-order valence-electron chi connectivity index (χ3n) is 14.2. The van der Waals surface area contributed by atoms with Crippen LogP contribution in [0.1, 0.15) is 48.6 Å². The van der Waals surface area contributed by atoms with Gasteiger partial charge in [0.15, 0.2) is 0 Å². The molecule has 0 amide bonds. The van der Waals surface area contributed by atoms with Gasteiger partial charge >= 0.3 is 0 Å². The topological polar surface area (TPSA) is 16.4 Å². The van der Waals surface area contributed by atoms with Crippen LogP contribution in [0.2, 0.25) is 0 Å². The van der Waals surface area contributed by atoms with Gasteiger partial charge in [-0.15, -0.1) is 11.3 Å². The molecule has 2 nitrogen and oxygen atoms in total. The van der Waals surface area contributed by atoms with Gasteiger partial charge in [-0.1, -0.05) is 159 Å². The minimum absolute atomic E-state index is 0.165. The fourth-order valence-corrected chi connectivity index (χ4v) is 12.4. The van der Waals surface area contributed by atoms with Gasteiger partial charge in [-0.05, 0) is 111 Å². The fraction of sp³-hybridized carbons (Fsp3) is 0.0847. The Hall–Kier alpha value is -7.20. The van der Waals surface area contributed by atoms with Gasteiger partial charge in [0.25, 0.3) is 0 Å². The molecule has 0 aliphatic heterocycles. The fourth-order valence-electron chi connectivity index (χ4n) is 11.2. The van der Waals surface area contributed by atoms with E-state index in [1.165, 1.54) is 75.8 Å². The predicted octanol–water partition coefficient (Wildman–Crippen LogP) is 16.7. The highest BCUT2D eigenvalue weighted by molar-refractivity contribution is 7.26. The molecular formula is C59H41NOS. The minimum Gasteiger partial charge on any atom is -0.456 e. The molecule has 9 aromatic carbocycles. The van der Waals surface area contributed by atoms with Crippen LogP contribution in [0.5, 0.6) is 0 Å². The maximum Gasteiger partial charge on any atom is 0.141 e. The van der Waals surface area contributed by atoms with Crippen LogP contribution in [-0.2, 0) is 10.8 Å². The highest BCUT2D eigenvalue weighted by Crippen LogP contribution is 2.58. The Labute approximate surface area is 365 Å². The molecule has 3 heteroatoms. The summed E-state index contributed by atoms with van der Waals surface area (Å²) < 4.78 is 9.76. The van der Waals surface area contributed by atoms with Crippen LogP contribution in [0.15, 0.2) is 199 Å². The molecule has 294 valence electrons. The summed E-state index contributed by atoms with van der Waals surface area (Å²) >= 11 is 1.88. The van der Waals surface area contributed by atoms with Crippen LogP contribution in [0.4, 0.5) is 17.1 Å². The maximum absolute atomic E-state index is 7.12. The smallest absolute Gasteiger partial charge is 0.141 e. The van der Waals surface area contributed by atoms with Gasteiger partial charge in [0.05, 0.1) is 5.69 Å². The number of para-hydroxylation sites is 1. The zero-order valence-corrected chi connectivity index (χ0v) is 35.6. The van der Waals surface area contributed by atoms with Crippen molar-refractivity contribution in [3.8, 4) is 33.4 Å². The first kappa shape index (κ1) is 35.5.